The van der Waals surface area contributed by atoms with Gasteiger partial charge in [0.1, 0.15) is 0 Å². The molecule has 0 N–H and O–H groups in total. The van der Waals surface area contributed by atoms with Crippen LogP contribution in [0.1, 0.15) is 12.6 Å². The lowest BCUT2D eigenvalue weighted by atomic mass is 10.2. The first-order valence-corrected chi connectivity index (χ1v) is 6.65. The normalized spacial score (nSPS) is 12.2. The number of aryl methyl sites for hydroxylation is 1. The van der Waals surface area contributed by atoms with Gasteiger partial charge in [0.05, 0.1) is 17.4 Å². The molecule has 2 rings (SSSR count). The van der Waals surface area contributed by atoms with Gasteiger partial charge in [0.2, 0.25) is 0 Å². The van der Waals surface area contributed by atoms with Crippen molar-refractivity contribution in [3.63, 3.8) is 0 Å². The highest BCUT2D eigenvalue weighted by Gasteiger charge is 2.36. The average Bonchev–Trinajstić information content (AvgIpc) is 2.69. The van der Waals surface area contributed by atoms with Crippen LogP contribution in [0.2, 0.25) is 0 Å². The lowest BCUT2D eigenvalue weighted by Gasteiger charge is -2.02. The van der Waals surface area contributed by atoms with Gasteiger partial charge in [0.15, 0.2) is 5.69 Å². The Labute approximate surface area is 106 Å². The molecule has 0 aliphatic carbocycles. The minimum atomic E-state index is -4.44. The Morgan fingerprint density at radius 2 is 2.17 bits per heavy atom. The predicted octanol–water partition coefficient (Wildman–Crippen LogP) is 3.20. The molecule has 0 aliphatic rings. The summed E-state index contributed by atoms with van der Waals surface area (Å²) in [5.74, 6) is 1.68. The van der Waals surface area contributed by atoms with Crippen molar-refractivity contribution < 1.29 is 13.2 Å². The third kappa shape index (κ3) is 2.60. The van der Waals surface area contributed by atoms with Gasteiger partial charge >= 0.3 is 6.18 Å². The molecule has 0 radical (unpaired) electrons. The first-order valence-electron chi connectivity index (χ1n) is 5.49. The maximum atomic E-state index is 12.8. The second-order valence-corrected chi connectivity index (χ2v) is 5.05. The molecule has 0 saturated heterocycles. The molecular formula is C11H12F3N3S. The number of halogens is 3. The van der Waals surface area contributed by atoms with Gasteiger partial charge in [-0.1, -0.05) is 6.92 Å². The van der Waals surface area contributed by atoms with E-state index in [9.17, 15) is 13.2 Å². The zero-order valence-corrected chi connectivity index (χ0v) is 10.6. The molecule has 0 spiro atoms. The van der Waals surface area contributed by atoms with Crippen LogP contribution >= 0.6 is 11.8 Å². The van der Waals surface area contributed by atoms with Crippen LogP contribution in [0.3, 0.4) is 0 Å². The van der Waals surface area contributed by atoms with E-state index in [1.54, 1.807) is 17.8 Å². The van der Waals surface area contributed by atoms with Gasteiger partial charge < -0.3 is 0 Å². The Morgan fingerprint density at radius 3 is 2.83 bits per heavy atom. The first-order chi connectivity index (χ1) is 8.54. The number of nitrogens with zero attached hydrogens (tertiary/aromatic N) is 3. The first kappa shape index (κ1) is 13.2. The lowest BCUT2D eigenvalue weighted by Crippen LogP contribution is -2.09. The Bertz CT molecular complexity index is 536. The van der Waals surface area contributed by atoms with Gasteiger partial charge in [-0.15, -0.1) is 0 Å². The third-order valence-electron chi connectivity index (χ3n) is 2.47. The van der Waals surface area contributed by atoms with E-state index in [2.05, 4.69) is 10.1 Å². The van der Waals surface area contributed by atoms with Crippen molar-refractivity contribution in [3.05, 3.63) is 24.2 Å². The van der Waals surface area contributed by atoms with E-state index in [-0.39, 0.29) is 5.39 Å². The molecular weight excluding hydrogens is 263 g/mol. The predicted molar refractivity (Wildman–Crippen MR) is 65.5 cm³/mol. The van der Waals surface area contributed by atoms with Crippen molar-refractivity contribution in [2.75, 3.05) is 11.5 Å². The van der Waals surface area contributed by atoms with Gasteiger partial charge in [-0.3, -0.25) is 9.67 Å². The minimum Gasteiger partial charge on any atom is -0.264 e. The molecule has 98 valence electrons. The number of thioether (sulfide) groups is 1. The fourth-order valence-electron chi connectivity index (χ4n) is 1.70. The third-order valence-corrected chi connectivity index (χ3v) is 3.35. The Kier molecular flexibility index (Phi) is 3.79. The number of alkyl halides is 3. The molecule has 0 unspecified atom stereocenters. The van der Waals surface area contributed by atoms with Crippen LogP contribution in [0.25, 0.3) is 10.9 Å². The number of hydrogen-bond acceptors (Lipinski definition) is 3. The summed E-state index contributed by atoms with van der Waals surface area (Å²) in [6.07, 6.45) is -1.74. The van der Waals surface area contributed by atoms with Crippen LogP contribution in [0, 0.1) is 0 Å². The van der Waals surface area contributed by atoms with E-state index in [0.29, 0.717) is 12.1 Å². The lowest BCUT2D eigenvalue weighted by molar-refractivity contribution is -0.140. The van der Waals surface area contributed by atoms with E-state index in [1.165, 1.54) is 17.1 Å². The molecule has 0 amide bonds. The van der Waals surface area contributed by atoms with Crippen molar-refractivity contribution in [2.24, 2.45) is 0 Å². The maximum absolute atomic E-state index is 12.8. The summed E-state index contributed by atoms with van der Waals surface area (Å²) in [6.45, 7) is 2.48. The van der Waals surface area contributed by atoms with E-state index in [4.69, 9.17) is 0 Å². The smallest absolute Gasteiger partial charge is 0.264 e. The summed E-state index contributed by atoms with van der Waals surface area (Å²) in [5.41, 5.74) is -0.374. The second-order valence-electron chi connectivity index (χ2n) is 3.66. The Balaban J connectivity index is 2.41. The van der Waals surface area contributed by atoms with Crippen LogP contribution in [0.5, 0.6) is 0 Å². The molecule has 0 bridgehead atoms. The van der Waals surface area contributed by atoms with Gasteiger partial charge in [-0.2, -0.15) is 30.0 Å². The highest BCUT2D eigenvalue weighted by Crippen LogP contribution is 2.33. The molecule has 7 heteroatoms. The fourth-order valence-corrected chi connectivity index (χ4v) is 2.29. The molecule has 3 nitrogen and oxygen atoms in total. The minimum absolute atomic E-state index is 0.0616. The van der Waals surface area contributed by atoms with Crippen LogP contribution < -0.4 is 0 Å². The summed E-state index contributed by atoms with van der Waals surface area (Å²) >= 11 is 1.67. The topological polar surface area (TPSA) is 30.7 Å². The molecule has 2 aromatic heterocycles. The number of hydrogen-bond donors (Lipinski definition) is 0. The molecule has 0 aliphatic heterocycles. The van der Waals surface area contributed by atoms with Crippen molar-refractivity contribution in [1.29, 1.82) is 0 Å². The van der Waals surface area contributed by atoms with Crippen LogP contribution in [0.4, 0.5) is 13.2 Å². The highest BCUT2D eigenvalue weighted by atomic mass is 32.2. The SMILES string of the molecule is CCSCCn1nc(C(F)(F)F)c2cnccc21. The quantitative estimate of drug-likeness (QED) is 0.803. The summed E-state index contributed by atoms with van der Waals surface area (Å²) < 4.78 is 39.8. The maximum Gasteiger partial charge on any atom is 0.435 e. The van der Waals surface area contributed by atoms with Gasteiger partial charge in [-0.05, 0) is 11.8 Å². The van der Waals surface area contributed by atoms with Crippen molar-refractivity contribution >= 4 is 22.7 Å². The van der Waals surface area contributed by atoms with Crippen LogP contribution in [-0.4, -0.2) is 26.3 Å². The molecule has 0 saturated carbocycles. The van der Waals surface area contributed by atoms with Crippen molar-refractivity contribution in [1.82, 2.24) is 14.8 Å². The molecule has 0 aromatic carbocycles. The van der Waals surface area contributed by atoms with Gasteiger partial charge in [0.25, 0.3) is 0 Å². The standard InChI is InChI=1S/C11H12F3N3S/c1-2-18-6-5-17-9-3-4-15-7-8(9)10(16-17)11(12,13)14/h3-4,7H,2,5-6H2,1H3. The highest BCUT2D eigenvalue weighted by molar-refractivity contribution is 7.99. The summed E-state index contributed by atoms with van der Waals surface area (Å²) in [7, 11) is 0. The fraction of sp³-hybridized carbons (Fsp3) is 0.455. The number of pyridine rings is 1. The van der Waals surface area contributed by atoms with Crippen LogP contribution in [-0.2, 0) is 12.7 Å². The Morgan fingerprint density at radius 1 is 1.39 bits per heavy atom. The van der Waals surface area contributed by atoms with Crippen molar-refractivity contribution in [3.8, 4) is 0 Å². The van der Waals surface area contributed by atoms with Gasteiger partial charge in [0, 0.05) is 18.1 Å². The van der Waals surface area contributed by atoms with Crippen LogP contribution in [0.15, 0.2) is 18.5 Å². The van der Waals surface area contributed by atoms with E-state index < -0.39 is 11.9 Å². The summed E-state index contributed by atoms with van der Waals surface area (Å²) in [5, 5.41) is 3.73. The molecule has 2 aromatic rings. The molecule has 2 heterocycles. The van der Waals surface area contributed by atoms with E-state index >= 15 is 0 Å². The average molecular weight is 275 g/mol. The Hall–Kier alpha value is -1.24. The second kappa shape index (κ2) is 5.17. The van der Waals surface area contributed by atoms with E-state index in [1.807, 2.05) is 6.92 Å². The number of fused-ring (bicyclic) bond motifs is 1. The zero-order chi connectivity index (χ0) is 13.2. The summed E-state index contributed by atoms with van der Waals surface area (Å²) in [4.78, 5) is 3.74. The van der Waals surface area contributed by atoms with E-state index in [0.717, 1.165) is 11.5 Å². The number of aromatic nitrogens is 3. The molecule has 0 atom stereocenters. The molecule has 0 fully saturated rings. The number of rotatable bonds is 4. The molecule has 18 heavy (non-hydrogen) atoms. The monoisotopic (exact) mass is 275 g/mol. The van der Waals surface area contributed by atoms with Crippen molar-refractivity contribution in [2.45, 2.75) is 19.6 Å². The summed E-state index contributed by atoms with van der Waals surface area (Å²) in [6, 6.07) is 1.56. The zero-order valence-electron chi connectivity index (χ0n) is 9.74. The van der Waals surface area contributed by atoms with Gasteiger partial charge in [-0.25, -0.2) is 0 Å². The largest absolute Gasteiger partial charge is 0.435 e.